The number of esters is 1. The van der Waals surface area contributed by atoms with Crippen molar-refractivity contribution >= 4 is 33.5 Å². The van der Waals surface area contributed by atoms with E-state index in [2.05, 4.69) is 15.9 Å². The van der Waals surface area contributed by atoms with E-state index in [9.17, 15) is 14.4 Å². The molecule has 2 aromatic carbocycles. The van der Waals surface area contributed by atoms with Crippen molar-refractivity contribution in [3.8, 4) is 0 Å². The number of hydrogen-bond acceptors (Lipinski definition) is 4. The first-order chi connectivity index (χ1) is 11.9. The topological polar surface area (TPSA) is 60.4 Å². The molecule has 2 rings (SSSR count). The van der Waals surface area contributed by atoms with Crippen molar-refractivity contribution in [2.75, 3.05) is 6.61 Å². The van der Waals surface area contributed by atoms with Gasteiger partial charge in [0.1, 0.15) is 0 Å². The van der Waals surface area contributed by atoms with Gasteiger partial charge in [-0.05, 0) is 37.6 Å². The molecule has 0 fully saturated rings. The number of hydrogen-bond donors (Lipinski definition) is 0. The van der Waals surface area contributed by atoms with Crippen LogP contribution in [0.1, 0.15) is 44.7 Å². The van der Waals surface area contributed by atoms with Gasteiger partial charge in [-0.1, -0.05) is 45.8 Å². The van der Waals surface area contributed by atoms with Gasteiger partial charge in [0.15, 0.2) is 12.4 Å². The molecular weight excluding hydrogens is 384 g/mol. The van der Waals surface area contributed by atoms with Crippen LogP contribution in [0, 0.1) is 13.8 Å². The van der Waals surface area contributed by atoms with Crippen LogP contribution in [-0.4, -0.2) is 24.1 Å². The number of halogens is 1. The average Bonchev–Trinajstić information content (AvgIpc) is 2.60. The van der Waals surface area contributed by atoms with Crippen molar-refractivity contribution < 1.29 is 19.1 Å². The molecule has 0 bridgehead atoms. The Morgan fingerprint density at radius 3 is 2.28 bits per heavy atom. The summed E-state index contributed by atoms with van der Waals surface area (Å²) in [5, 5.41) is 0. The standard InChI is InChI=1S/C20H19BrO4/c1-13-3-4-14(2)17(11-13)19(23)12-25-20(24)10-9-18(22)15-5-7-16(21)8-6-15/h3-8,11H,9-10,12H2,1-2H3. The van der Waals surface area contributed by atoms with E-state index < -0.39 is 5.97 Å². The van der Waals surface area contributed by atoms with E-state index >= 15 is 0 Å². The molecule has 0 unspecified atom stereocenters. The van der Waals surface area contributed by atoms with E-state index in [1.54, 1.807) is 30.3 Å². The van der Waals surface area contributed by atoms with Gasteiger partial charge in [0.25, 0.3) is 0 Å². The SMILES string of the molecule is Cc1ccc(C)c(C(=O)COC(=O)CCC(=O)c2ccc(Br)cc2)c1. The lowest BCUT2D eigenvalue weighted by atomic mass is 10.0. The normalized spacial score (nSPS) is 10.4. The molecule has 0 aromatic heterocycles. The van der Waals surface area contributed by atoms with Crippen LogP contribution >= 0.6 is 15.9 Å². The van der Waals surface area contributed by atoms with Crippen LogP contribution in [0.5, 0.6) is 0 Å². The Labute approximate surface area is 155 Å². The van der Waals surface area contributed by atoms with Crippen LogP contribution in [0.25, 0.3) is 0 Å². The first-order valence-electron chi connectivity index (χ1n) is 7.91. The maximum absolute atomic E-state index is 12.2. The summed E-state index contributed by atoms with van der Waals surface area (Å²) < 4.78 is 5.89. The van der Waals surface area contributed by atoms with E-state index in [0.29, 0.717) is 11.1 Å². The lowest BCUT2D eigenvalue weighted by Gasteiger charge is -2.07. The lowest BCUT2D eigenvalue weighted by molar-refractivity contribution is -0.142. The number of carbonyl (C=O) groups is 3. The van der Waals surface area contributed by atoms with Crippen LogP contribution in [0.15, 0.2) is 46.9 Å². The molecule has 2 aromatic rings. The predicted octanol–water partition coefficient (Wildman–Crippen LogP) is 4.45. The molecule has 4 nitrogen and oxygen atoms in total. The minimum atomic E-state index is -0.552. The Bertz CT molecular complexity index is 794. The summed E-state index contributed by atoms with van der Waals surface area (Å²) in [6.45, 7) is 3.43. The van der Waals surface area contributed by atoms with Crippen molar-refractivity contribution in [3.05, 3.63) is 69.2 Å². The number of rotatable bonds is 7. The smallest absolute Gasteiger partial charge is 0.306 e. The maximum atomic E-state index is 12.2. The quantitative estimate of drug-likeness (QED) is 0.506. The summed E-state index contributed by atoms with van der Waals surface area (Å²) >= 11 is 3.30. The van der Waals surface area contributed by atoms with Crippen LogP contribution in [0.4, 0.5) is 0 Å². The monoisotopic (exact) mass is 402 g/mol. The van der Waals surface area contributed by atoms with Crippen molar-refractivity contribution in [2.45, 2.75) is 26.7 Å². The van der Waals surface area contributed by atoms with Gasteiger partial charge in [-0.25, -0.2) is 0 Å². The second-order valence-electron chi connectivity index (χ2n) is 5.83. The van der Waals surface area contributed by atoms with Crippen molar-refractivity contribution in [2.24, 2.45) is 0 Å². The maximum Gasteiger partial charge on any atom is 0.306 e. The molecule has 0 aliphatic rings. The van der Waals surface area contributed by atoms with Crippen LogP contribution in [0.2, 0.25) is 0 Å². The third-order valence-electron chi connectivity index (χ3n) is 3.78. The molecular formula is C20H19BrO4. The average molecular weight is 403 g/mol. The van der Waals surface area contributed by atoms with Crippen molar-refractivity contribution in [1.29, 1.82) is 0 Å². The number of aryl methyl sites for hydroxylation is 2. The fraction of sp³-hybridized carbons (Fsp3) is 0.250. The Morgan fingerprint density at radius 1 is 0.920 bits per heavy atom. The lowest BCUT2D eigenvalue weighted by Crippen LogP contribution is -2.16. The van der Waals surface area contributed by atoms with E-state index in [4.69, 9.17) is 4.74 Å². The van der Waals surface area contributed by atoms with E-state index in [1.165, 1.54) is 0 Å². The Kier molecular flexibility index (Phi) is 6.65. The zero-order valence-electron chi connectivity index (χ0n) is 14.2. The zero-order chi connectivity index (χ0) is 18.4. The highest BCUT2D eigenvalue weighted by atomic mass is 79.9. The van der Waals surface area contributed by atoms with Crippen LogP contribution in [0.3, 0.4) is 0 Å². The highest BCUT2D eigenvalue weighted by Gasteiger charge is 2.14. The first-order valence-corrected chi connectivity index (χ1v) is 8.71. The van der Waals surface area contributed by atoms with Crippen LogP contribution in [-0.2, 0) is 9.53 Å². The molecule has 0 heterocycles. The number of carbonyl (C=O) groups excluding carboxylic acids is 3. The molecule has 0 saturated heterocycles. The van der Waals surface area contributed by atoms with Gasteiger partial charge in [0.05, 0.1) is 6.42 Å². The number of benzene rings is 2. The molecule has 130 valence electrons. The fourth-order valence-corrected chi connectivity index (χ4v) is 2.59. The van der Waals surface area contributed by atoms with Gasteiger partial charge in [-0.3, -0.25) is 14.4 Å². The van der Waals surface area contributed by atoms with Gasteiger partial charge >= 0.3 is 5.97 Å². The highest BCUT2D eigenvalue weighted by molar-refractivity contribution is 9.10. The van der Waals surface area contributed by atoms with Gasteiger partial charge in [0, 0.05) is 22.0 Å². The fourth-order valence-electron chi connectivity index (χ4n) is 2.33. The van der Waals surface area contributed by atoms with E-state index in [-0.39, 0.29) is 31.0 Å². The zero-order valence-corrected chi connectivity index (χ0v) is 15.8. The minimum absolute atomic E-state index is 0.0466. The van der Waals surface area contributed by atoms with E-state index in [0.717, 1.165) is 15.6 Å². The molecule has 0 saturated carbocycles. The number of ketones is 2. The Morgan fingerprint density at radius 2 is 1.60 bits per heavy atom. The molecule has 0 N–H and O–H groups in total. The number of Topliss-reactive ketones (excluding diaryl/α,β-unsaturated/α-hetero) is 2. The Balaban J connectivity index is 1.82. The predicted molar refractivity (Wildman–Crippen MR) is 98.9 cm³/mol. The first kappa shape index (κ1) is 19.1. The number of ether oxygens (including phenoxy) is 1. The van der Waals surface area contributed by atoms with Crippen molar-refractivity contribution in [1.82, 2.24) is 0 Å². The molecule has 25 heavy (non-hydrogen) atoms. The molecule has 0 spiro atoms. The Hall–Kier alpha value is -2.27. The van der Waals surface area contributed by atoms with Gasteiger partial charge < -0.3 is 4.74 Å². The molecule has 0 radical (unpaired) electrons. The highest BCUT2D eigenvalue weighted by Crippen LogP contribution is 2.14. The third kappa shape index (κ3) is 5.64. The molecule has 0 atom stereocenters. The molecule has 5 heteroatoms. The molecule has 0 aliphatic heterocycles. The van der Waals surface area contributed by atoms with Crippen molar-refractivity contribution in [3.63, 3.8) is 0 Å². The summed E-state index contributed by atoms with van der Waals surface area (Å²) in [4.78, 5) is 36.0. The van der Waals surface area contributed by atoms with Gasteiger partial charge in [-0.15, -0.1) is 0 Å². The van der Waals surface area contributed by atoms with Crippen LogP contribution < -0.4 is 0 Å². The van der Waals surface area contributed by atoms with E-state index in [1.807, 2.05) is 26.0 Å². The summed E-state index contributed by atoms with van der Waals surface area (Å²) in [6.07, 6.45) is 0.00705. The second kappa shape index (κ2) is 8.72. The summed E-state index contributed by atoms with van der Waals surface area (Å²) in [6, 6.07) is 12.5. The van der Waals surface area contributed by atoms with Gasteiger partial charge in [0.2, 0.25) is 5.78 Å². The molecule has 0 aliphatic carbocycles. The summed E-state index contributed by atoms with van der Waals surface area (Å²) in [5.41, 5.74) is 2.92. The third-order valence-corrected chi connectivity index (χ3v) is 4.31. The minimum Gasteiger partial charge on any atom is -0.457 e. The largest absolute Gasteiger partial charge is 0.457 e. The summed E-state index contributed by atoms with van der Waals surface area (Å²) in [7, 11) is 0. The summed E-state index contributed by atoms with van der Waals surface area (Å²) in [5.74, 6) is -0.928. The molecule has 0 amide bonds. The second-order valence-corrected chi connectivity index (χ2v) is 6.75. The van der Waals surface area contributed by atoms with Gasteiger partial charge in [-0.2, -0.15) is 0 Å².